The van der Waals surface area contributed by atoms with Crippen LogP contribution in [0.25, 0.3) is 5.95 Å². The lowest BCUT2D eigenvalue weighted by atomic mass is 9.93. The van der Waals surface area contributed by atoms with Gasteiger partial charge in [0.1, 0.15) is 0 Å². The number of aliphatic hydroxyl groups is 1. The molecular weight excluding hydrogens is 280 g/mol. The first-order valence-electron chi connectivity index (χ1n) is 6.57. The van der Waals surface area contributed by atoms with Crippen molar-refractivity contribution in [3.8, 4) is 5.95 Å². The van der Waals surface area contributed by atoms with Gasteiger partial charge in [0.25, 0.3) is 5.95 Å². The lowest BCUT2D eigenvalue weighted by molar-refractivity contribution is 0.126. The Hall–Kier alpha value is -1.73. The van der Waals surface area contributed by atoms with Crippen molar-refractivity contribution < 1.29 is 5.11 Å². The van der Waals surface area contributed by atoms with Crippen LogP contribution in [0.5, 0.6) is 0 Å². The topological polar surface area (TPSA) is 88.8 Å². The smallest absolute Gasteiger partial charge is 0.256 e. The quantitative estimate of drug-likeness (QED) is 0.890. The second kappa shape index (κ2) is 5.72. The van der Waals surface area contributed by atoms with Gasteiger partial charge < -0.3 is 10.4 Å². The van der Waals surface area contributed by atoms with Crippen molar-refractivity contribution in [1.29, 1.82) is 0 Å². The maximum absolute atomic E-state index is 9.50. The van der Waals surface area contributed by atoms with Crippen molar-refractivity contribution in [2.45, 2.75) is 37.8 Å². The van der Waals surface area contributed by atoms with Gasteiger partial charge >= 0.3 is 0 Å². The van der Waals surface area contributed by atoms with Gasteiger partial charge in [-0.3, -0.25) is 0 Å². The average molecular weight is 295 g/mol. The van der Waals surface area contributed by atoms with E-state index in [0.717, 1.165) is 25.7 Å². The SMILES string of the molecule is OC1CCC(Nc2nc(Cl)nc(-n3cccn3)n2)CC1. The number of rotatable bonds is 3. The van der Waals surface area contributed by atoms with E-state index in [1.54, 1.807) is 18.5 Å². The van der Waals surface area contributed by atoms with Gasteiger partial charge in [0.05, 0.1) is 6.10 Å². The number of aliphatic hydroxyl groups excluding tert-OH is 1. The van der Waals surface area contributed by atoms with Crippen molar-refractivity contribution in [1.82, 2.24) is 24.7 Å². The second-order valence-corrected chi connectivity index (χ2v) is 5.17. The summed E-state index contributed by atoms with van der Waals surface area (Å²) < 4.78 is 1.53. The van der Waals surface area contributed by atoms with Crippen LogP contribution in [-0.2, 0) is 0 Å². The van der Waals surface area contributed by atoms with Crippen LogP contribution in [0.3, 0.4) is 0 Å². The highest BCUT2D eigenvalue weighted by Gasteiger charge is 2.20. The van der Waals surface area contributed by atoms with E-state index < -0.39 is 0 Å². The molecule has 0 radical (unpaired) electrons. The van der Waals surface area contributed by atoms with Crippen LogP contribution < -0.4 is 5.32 Å². The Bertz CT molecular complexity index is 567. The highest BCUT2D eigenvalue weighted by atomic mass is 35.5. The normalized spacial score (nSPS) is 22.7. The molecule has 2 aromatic rings. The van der Waals surface area contributed by atoms with Gasteiger partial charge in [-0.1, -0.05) is 0 Å². The molecule has 0 bridgehead atoms. The number of nitrogens with zero attached hydrogens (tertiary/aromatic N) is 5. The minimum atomic E-state index is -0.186. The Kier molecular flexibility index (Phi) is 3.79. The maximum Gasteiger partial charge on any atom is 0.256 e. The Morgan fingerprint density at radius 2 is 2.00 bits per heavy atom. The molecule has 0 spiro atoms. The monoisotopic (exact) mass is 294 g/mol. The van der Waals surface area contributed by atoms with E-state index in [-0.39, 0.29) is 17.4 Å². The summed E-state index contributed by atoms with van der Waals surface area (Å²) in [6, 6.07) is 2.04. The molecule has 106 valence electrons. The molecule has 2 heterocycles. The molecule has 0 atom stereocenters. The van der Waals surface area contributed by atoms with E-state index in [0.29, 0.717) is 11.9 Å². The van der Waals surface area contributed by atoms with Crippen molar-refractivity contribution >= 4 is 17.5 Å². The van der Waals surface area contributed by atoms with Crippen LogP contribution in [0, 0.1) is 0 Å². The Morgan fingerprint density at radius 3 is 2.70 bits per heavy atom. The number of hydrogen-bond donors (Lipinski definition) is 2. The van der Waals surface area contributed by atoms with Gasteiger partial charge in [0.2, 0.25) is 11.2 Å². The van der Waals surface area contributed by atoms with Crippen LogP contribution in [-0.4, -0.2) is 42.0 Å². The van der Waals surface area contributed by atoms with Crippen molar-refractivity contribution in [2.75, 3.05) is 5.32 Å². The van der Waals surface area contributed by atoms with E-state index in [4.69, 9.17) is 11.6 Å². The molecule has 0 aliphatic heterocycles. The number of halogens is 1. The summed E-state index contributed by atoms with van der Waals surface area (Å²) in [7, 11) is 0. The molecule has 0 aromatic carbocycles. The largest absolute Gasteiger partial charge is 0.393 e. The lowest BCUT2D eigenvalue weighted by Gasteiger charge is -2.26. The third-order valence-electron chi connectivity index (χ3n) is 3.34. The summed E-state index contributed by atoms with van der Waals surface area (Å²) in [5.74, 6) is 0.824. The van der Waals surface area contributed by atoms with Crippen molar-refractivity contribution in [3.63, 3.8) is 0 Å². The molecule has 1 aliphatic carbocycles. The molecule has 1 saturated carbocycles. The van der Waals surface area contributed by atoms with Gasteiger partial charge in [0.15, 0.2) is 0 Å². The van der Waals surface area contributed by atoms with Gasteiger partial charge in [-0.2, -0.15) is 20.1 Å². The predicted molar refractivity (Wildman–Crippen MR) is 73.8 cm³/mol. The molecule has 0 saturated heterocycles. The first kappa shape index (κ1) is 13.3. The minimum absolute atomic E-state index is 0.129. The second-order valence-electron chi connectivity index (χ2n) is 4.83. The van der Waals surface area contributed by atoms with Crippen LogP contribution >= 0.6 is 11.6 Å². The van der Waals surface area contributed by atoms with Crippen LogP contribution in [0.4, 0.5) is 5.95 Å². The summed E-state index contributed by atoms with van der Waals surface area (Å²) in [5, 5.41) is 16.9. The molecule has 0 unspecified atom stereocenters. The summed E-state index contributed by atoms with van der Waals surface area (Å²) in [6.07, 6.45) is 6.57. The molecule has 20 heavy (non-hydrogen) atoms. The van der Waals surface area contributed by atoms with Gasteiger partial charge in [-0.15, -0.1) is 0 Å². The van der Waals surface area contributed by atoms with Crippen molar-refractivity contribution in [3.05, 3.63) is 23.7 Å². The molecule has 1 fully saturated rings. The minimum Gasteiger partial charge on any atom is -0.393 e. The molecule has 1 aliphatic rings. The molecule has 7 nitrogen and oxygen atoms in total. The van der Waals surface area contributed by atoms with Crippen LogP contribution in [0.15, 0.2) is 18.5 Å². The zero-order chi connectivity index (χ0) is 13.9. The van der Waals surface area contributed by atoms with Crippen molar-refractivity contribution in [2.24, 2.45) is 0 Å². The molecule has 2 aromatic heterocycles. The van der Waals surface area contributed by atoms with E-state index >= 15 is 0 Å². The van der Waals surface area contributed by atoms with E-state index in [9.17, 15) is 5.11 Å². The number of nitrogens with one attached hydrogen (secondary N) is 1. The number of hydrogen-bond acceptors (Lipinski definition) is 6. The summed E-state index contributed by atoms with van der Waals surface area (Å²) in [6.45, 7) is 0. The van der Waals surface area contributed by atoms with E-state index in [1.807, 2.05) is 0 Å². The Morgan fingerprint density at radius 1 is 1.20 bits per heavy atom. The van der Waals surface area contributed by atoms with E-state index in [1.165, 1.54) is 4.68 Å². The third-order valence-corrected chi connectivity index (χ3v) is 3.50. The zero-order valence-electron chi connectivity index (χ0n) is 10.8. The molecular formula is C12H15ClN6O. The molecule has 3 rings (SSSR count). The first-order valence-corrected chi connectivity index (χ1v) is 6.95. The Balaban J connectivity index is 1.76. The lowest BCUT2D eigenvalue weighted by Crippen LogP contribution is -2.29. The Labute approximate surface area is 121 Å². The van der Waals surface area contributed by atoms with Crippen LogP contribution in [0.2, 0.25) is 5.28 Å². The fourth-order valence-corrected chi connectivity index (χ4v) is 2.45. The first-order chi connectivity index (χ1) is 9.70. The highest BCUT2D eigenvalue weighted by molar-refractivity contribution is 6.28. The average Bonchev–Trinajstić information content (AvgIpc) is 2.95. The van der Waals surface area contributed by atoms with Gasteiger partial charge in [-0.05, 0) is 43.4 Å². The molecule has 8 heteroatoms. The highest BCUT2D eigenvalue weighted by Crippen LogP contribution is 2.21. The van der Waals surface area contributed by atoms with Crippen LogP contribution in [0.1, 0.15) is 25.7 Å². The fourth-order valence-electron chi connectivity index (χ4n) is 2.30. The van der Waals surface area contributed by atoms with Gasteiger partial charge in [-0.25, -0.2) is 4.68 Å². The number of aromatic nitrogens is 5. The zero-order valence-corrected chi connectivity index (χ0v) is 11.5. The van der Waals surface area contributed by atoms with E-state index in [2.05, 4.69) is 25.4 Å². The summed E-state index contributed by atoms with van der Waals surface area (Å²) >= 11 is 5.92. The summed E-state index contributed by atoms with van der Waals surface area (Å²) in [5.41, 5.74) is 0. The summed E-state index contributed by atoms with van der Waals surface area (Å²) in [4.78, 5) is 12.4. The van der Waals surface area contributed by atoms with Gasteiger partial charge in [0, 0.05) is 18.4 Å². The predicted octanol–water partition coefficient (Wildman–Crippen LogP) is 1.43. The third kappa shape index (κ3) is 3.05. The fraction of sp³-hybridized carbons (Fsp3) is 0.500. The molecule has 0 amide bonds. The molecule has 2 N–H and O–H groups in total. The number of anilines is 1. The maximum atomic E-state index is 9.50. The standard InChI is InChI=1S/C12H15ClN6O/c13-10-16-11(15-8-2-4-9(20)5-3-8)18-12(17-10)19-7-1-6-14-19/h1,6-9,20H,2-5H2,(H,15,16,17,18).